The highest BCUT2D eigenvalue weighted by Gasteiger charge is 2.23. The van der Waals surface area contributed by atoms with E-state index in [0.29, 0.717) is 47.2 Å². The Hall–Kier alpha value is -4.53. The molecule has 1 aliphatic rings. The van der Waals surface area contributed by atoms with Crippen LogP contribution < -0.4 is 11.0 Å². The minimum Gasteiger partial charge on any atom is -0.330 e. The summed E-state index contributed by atoms with van der Waals surface area (Å²) in [4.78, 5) is 47.8. The molecule has 2 N–H and O–H groups in total. The van der Waals surface area contributed by atoms with Crippen LogP contribution in [0.25, 0.3) is 11.4 Å². The molecule has 34 heavy (non-hydrogen) atoms. The van der Waals surface area contributed by atoms with Crippen molar-refractivity contribution in [3.8, 4) is 11.4 Å². The molecule has 5 rings (SSSR count). The fourth-order valence-electron chi connectivity index (χ4n) is 3.97. The molecule has 9 heteroatoms. The number of imidazole rings is 2. The van der Waals surface area contributed by atoms with E-state index in [1.165, 1.54) is 13.8 Å². The summed E-state index contributed by atoms with van der Waals surface area (Å²) in [6.45, 7) is 3.90. The average Bonchev–Trinajstić information content (AvgIpc) is 3.29. The van der Waals surface area contributed by atoms with Gasteiger partial charge < -0.3 is 14.9 Å². The second-order valence-electron chi connectivity index (χ2n) is 8.19. The van der Waals surface area contributed by atoms with E-state index < -0.39 is 0 Å². The van der Waals surface area contributed by atoms with Crippen LogP contribution in [0.3, 0.4) is 0 Å². The van der Waals surface area contributed by atoms with E-state index in [1.54, 1.807) is 41.5 Å². The second kappa shape index (κ2) is 8.43. The number of carbonyl (C=O) groups is 2. The summed E-state index contributed by atoms with van der Waals surface area (Å²) in [7, 11) is 0. The van der Waals surface area contributed by atoms with Crippen LogP contribution in [0.2, 0.25) is 0 Å². The molecule has 9 nitrogen and oxygen atoms in total. The van der Waals surface area contributed by atoms with E-state index in [4.69, 9.17) is 0 Å². The zero-order chi connectivity index (χ0) is 23.8. The van der Waals surface area contributed by atoms with Crippen molar-refractivity contribution in [3.05, 3.63) is 87.6 Å². The fourth-order valence-corrected chi connectivity index (χ4v) is 3.97. The van der Waals surface area contributed by atoms with E-state index in [-0.39, 0.29) is 17.3 Å². The molecule has 0 saturated heterocycles. The van der Waals surface area contributed by atoms with E-state index >= 15 is 0 Å². The average molecular weight is 454 g/mol. The highest BCUT2D eigenvalue weighted by Crippen LogP contribution is 2.34. The lowest BCUT2D eigenvalue weighted by Crippen LogP contribution is -2.19. The first kappa shape index (κ1) is 21.3. The number of carbonyl (C=O) groups excluding carboxylic acids is 2. The minimum absolute atomic E-state index is 0.00461. The van der Waals surface area contributed by atoms with Crippen molar-refractivity contribution in [1.82, 2.24) is 19.1 Å². The van der Waals surface area contributed by atoms with Crippen LogP contribution in [0.5, 0.6) is 0 Å². The van der Waals surface area contributed by atoms with Crippen LogP contribution in [0.15, 0.2) is 64.6 Å². The molecule has 0 atom stereocenters. The predicted molar refractivity (Wildman–Crippen MR) is 129 cm³/mol. The predicted octanol–water partition coefficient (Wildman–Crippen LogP) is 3.63. The molecule has 2 aromatic heterocycles. The Kier molecular flexibility index (Phi) is 5.29. The van der Waals surface area contributed by atoms with Crippen molar-refractivity contribution >= 4 is 29.5 Å². The third-order valence-corrected chi connectivity index (χ3v) is 5.83. The summed E-state index contributed by atoms with van der Waals surface area (Å²) in [5.74, 6) is 1.20. The summed E-state index contributed by atoms with van der Waals surface area (Å²) in [6.07, 6.45) is 3.23. The molecule has 2 aromatic carbocycles. The van der Waals surface area contributed by atoms with Crippen LogP contribution in [-0.2, 0) is 13.1 Å². The molecule has 1 aliphatic heterocycles. The van der Waals surface area contributed by atoms with E-state index in [2.05, 4.69) is 20.3 Å². The number of nitrogens with zero attached hydrogens (tertiary/aromatic N) is 4. The zero-order valence-electron chi connectivity index (χ0n) is 18.7. The van der Waals surface area contributed by atoms with Crippen LogP contribution in [0.4, 0.5) is 11.6 Å². The Morgan fingerprint density at radius 3 is 2.06 bits per heavy atom. The number of ketones is 2. The lowest BCUT2D eigenvalue weighted by molar-refractivity contribution is 0.100. The van der Waals surface area contributed by atoms with Crippen LogP contribution in [-0.4, -0.2) is 37.0 Å². The summed E-state index contributed by atoms with van der Waals surface area (Å²) < 4.78 is 3.47. The number of fused-ring (bicyclic) bond motifs is 3. The number of aromatic amines is 1. The number of H-pyrrole nitrogens is 1. The number of aromatic nitrogens is 4. The van der Waals surface area contributed by atoms with Crippen LogP contribution in [0, 0.1) is 0 Å². The minimum atomic E-state index is -0.274. The standard InChI is InChI=1S/C25H22N6O3/c1-15(32)19-7-3-17(4-8-19)11-30-14-28-21-22-24(27-13-26-23(21)30)31(25(34)29-22)12-18-5-9-20(10-6-18)16(2)33/h3-10,13-14H,11-12H2,1-2H3,(H,26,27)(H,29,34). The van der Waals surface area contributed by atoms with Gasteiger partial charge in [0.1, 0.15) is 17.2 Å². The molecule has 0 aliphatic carbocycles. The van der Waals surface area contributed by atoms with Crippen molar-refractivity contribution in [3.63, 3.8) is 0 Å². The summed E-state index contributed by atoms with van der Waals surface area (Å²) in [5, 5.41) is 3.10. The number of hydrogen-bond donors (Lipinski definition) is 2. The van der Waals surface area contributed by atoms with Crippen molar-refractivity contribution in [2.75, 3.05) is 5.32 Å². The molecule has 4 aromatic rings. The van der Waals surface area contributed by atoms with Gasteiger partial charge in [-0.1, -0.05) is 48.5 Å². The number of benzene rings is 2. The highest BCUT2D eigenvalue weighted by molar-refractivity contribution is 5.94. The first-order chi connectivity index (χ1) is 16.4. The third-order valence-electron chi connectivity index (χ3n) is 5.83. The van der Waals surface area contributed by atoms with Gasteiger partial charge in [0.15, 0.2) is 17.4 Å². The first-order valence-corrected chi connectivity index (χ1v) is 10.8. The van der Waals surface area contributed by atoms with E-state index in [0.717, 1.165) is 11.1 Å². The molecule has 0 amide bonds. The van der Waals surface area contributed by atoms with Gasteiger partial charge in [-0.25, -0.2) is 14.8 Å². The summed E-state index contributed by atoms with van der Waals surface area (Å²) >= 11 is 0. The van der Waals surface area contributed by atoms with Crippen LogP contribution >= 0.6 is 0 Å². The topological polar surface area (TPSA) is 114 Å². The molecule has 0 radical (unpaired) electrons. The molecule has 0 unspecified atom stereocenters. The lowest BCUT2D eigenvalue weighted by Gasteiger charge is -2.08. The van der Waals surface area contributed by atoms with Gasteiger partial charge in [0.25, 0.3) is 0 Å². The van der Waals surface area contributed by atoms with Gasteiger partial charge in [-0.3, -0.25) is 14.2 Å². The monoisotopic (exact) mass is 454 g/mol. The fraction of sp³-hybridized carbons (Fsp3) is 0.160. The normalized spacial score (nSPS) is 11.9. The Balaban J connectivity index is 1.46. The van der Waals surface area contributed by atoms with E-state index in [9.17, 15) is 14.4 Å². The summed E-state index contributed by atoms with van der Waals surface area (Å²) in [5.41, 5.74) is 4.02. The molecule has 0 fully saturated rings. The van der Waals surface area contributed by atoms with Crippen molar-refractivity contribution in [2.45, 2.75) is 26.9 Å². The van der Waals surface area contributed by atoms with Crippen molar-refractivity contribution < 1.29 is 9.59 Å². The number of aliphatic imine (C=N–C) groups is 1. The quantitative estimate of drug-likeness (QED) is 0.432. The van der Waals surface area contributed by atoms with Gasteiger partial charge >= 0.3 is 5.69 Å². The molecule has 170 valence electrons. The number of nitrogens with one attached hydrogen (secondary N) is 2. The molecular weight excluding hydrogens is 432 g/mol. The second-order valence-corrected chi connectivity index (χ2v) is 8.19. The zero-order valence-corrected chi connectivity index (χ0v) is 18.7. The largest absolute Gasteiger partial charge is 0.330 e. The van der Waals surface area contributed by atoms with Crippen molar-refractivity contribution in [2.24, 2.45) is 4.99 Å². The maximum Gasteiger partial charge on any atom is 0.327 e. The van der Waals surface area contributed by atoms with Gasteiger partial charge in [0.05, 0.1) is 25.8 Å². The lowest BCUT2D eigenvalue weighted by atomic mass is 10.1. The maximum absolute atomic E-state index is 12.8. The molecule has 3 heterocycles. The maximum atomic E-state index is 12.8. The van der Waals surface area contributed by atoms with Gasteiger partial charge in [-0.05, 0) is 25.0 Å². The number of anilines is 1. The highest BCUT2D eigenvalue weighted by atomic mass is 16.1. The van der Waals surface area contributed by atoms with Crippen LogP contribution in [0.1, 0.15) is 45.7 Å². The van der Waals surface area contributed by atoms with Gasteiger partial charge in [0, 0.05) is 11.1 Å². The van der Waals surface area contributed by atoms with Gasteiger partial charge in [-0.15, -0.1) is 0 Å². The summed E-state index contributed by atoms with van der Waals surface area (Å²) in [6, 6.07) is 14.6. The van der Waals surface area contributed by atoms with Gasteiger partial charge in [0.2, 0.25) is 0 Å². The number of rotatable bonds is 6. The van der Waals surface area contributed by atoms with Gasteiger partial charge in [-0.2, -0.15) is 0 Å². The number of Topliss-reactive ketones (excluding diaryl/α,β-unsaturated/α-hetero) is 2. The molecular formula is C25H22N6O3. The molecule has 0 spiro atoms. The Bertz CT molecular complexity index is 1490. The Morgan fingerprint density at radius 2 is 1.47 bits per heavy atom. The first-order valence-electron chi connectivity index (χ1n) is 10.8. The van der Waals surface area contributed by atoms with Crippen molar-refractivity contribution in [1.29, 1.82) is 0 Å². The molecule has 0 saturated carbocycles. The number of hydrogen-bond acceptors (Lipinski definition) is 6. The van der Waals surface area contributed by atoms with E-state index in [1.807, 2.05) is 28.8 Å². The third kappa shape index (κ3) is 3.88. The molecule has 0 bridgehead atoms. The Morgan fingerprint density at radius 1 is 0.882 bits per heavy atom. The Labute approximate surface area is 194 Å². The smallest absolute Gasteiger partial charge is 0.327 e. The SMILES string of the molecule is CC(=O)c1ccc(Cn2cnc3c2N=CNc2c-3[nH]c(=O)n2Cc2ccc(C(C)=O)cc2)cc1.